The van der Waals surface area contributed by atoms with Crippen molar-refractivity contribution in [1.82, 2.24) is 9.80 Å². The minimum absolute atomic E-state index is 0.212. The maximum Gasteiger partial charge on any atom is 0.254 e. The van der Waals surface area contributed by atoms with E-state index in [9.17, 15) is 4.79 Å². The van der Waals surface area contributed by atoms with E-state index in [-0.39, 0.29) is 5.91 Å². The van der Waals surface area contributed by atoms with Gasteiger partial charge in [-0.1, -0.05) is 36.4 Å². The van der Waals surface area contributed by atoms with Crippen molar-refractivity contribution in [2.75, 3.05) is 37.6 Å². The molecular formula is C23H27N3O. The minimum atomic E-state index is 0.212. The van der Waals surface area contributed by atoms with Crippen molar-refractivity contribution in [3.05, 3.63) is 65.7 Å². The first-order chi connectivity index (χ1) is 13.3. The number of piperidine rings is 1. The number of fused-ring (bicyclic) bond motifs is 3. The van der Waals surface area contributed by atoms with Gasteiger partial charge in [0.15, 0.2) is 0 Å². The predicted molar refractivity (Wildman–Crippen MR) is 108 cm³/mol. The molecule has 1 amide bonds. The van der Waals surface area contributed by atoms with Crippen molar-refractivity contribution in [1.29, 1.82) is 0 Å². The average molecular weight is 361 g/mol. The summed E-state index contributed by atoms with van der Waals surface area (Å²) >= 11 is 0. The monoisotopic (exact) mass is 361 g/mol. The lowest BCUT2D eigenvalue weighted by atomic mass is 9.99. The zero-order valence-corrected chi connectivity index (χ0v) is 15.8. The molecule has 4 nitrogen and oxygen atoms in total. The van der Waals surface area contributed by atoms with Gasteiger partial charge in [0.1, 0.15) is 0 Å². The van der Waals surface area contributed by atoms with Gasteiger partial charge in [0.05, 0.1) is 0 Å². The molecule has 5 rings (SSSR count). The second-order valence-electron chi connectivity index (χ2n) is 8.06. The molecule has 0 radical (unpaired) electrons. The van der Waals surface area contributed by atoms with Crippen LogP contribution >= 0.6 is 0 Å². The van der Waals surface area contributed by atoms with Crippen LogP contribution in [0.2, 0.25) is 0 Å². The van der Waals surface area contributed by atoms with Crippen LogP contribution in [0.3, 0.4) is 0 Å². The fraction of sp³-hybridized carbons (Fsp3) is 0.435. The highest BCUT2D eigenvalue weighted by Crippen LogP contribution is 2.33. The van der Waals surface area contributed by atoms with Crippen molar-refractivity contribution in [2.24, 2.45) is 0 Å². The van der Waals surface area contributed by atoms with Gasteiger partial charge in [-0.2, -0.15) is 0 Å². The molecular weight excluding hydrogens is 334 g/mol. The molecule has 0 unspecified atom stereocenters. The minimum Gasteiger partial charge on any atom is -0.367 e. The molecule has 0 saturated carbocycles. The van der Waals surface area contributed by atoms with Crippen LogP contribution in [0.1, 0.15) is 28.8 Å². The molecule has 3 aliphatic rings. The zero-order valence-electron chi connectivity index (χ0n) is 15.8. The molecule has 3 aliphatic heterocycles. The van der Waals surface area contributed by atoms with Crippen LogP contribution in [-0.4, -0.2) is 60.5 Å². The summed E-state index contributed by atoms with van der Waals surface area (Å²) in [6, 6.07) is 20.2. The Hall–Kier alpha value is -2.33. The fourth-order valence-electron chi connectivity index (χ4n) is 5.09. The van der Waals surface area contributed by atoms with Gasteiger partial charge in [0.2, 0.25) is 0 Å². The Morgan fingerprint density at radius 1 is 0.889 bits per heavy atom. The Kier molecular flexibility index (Phi) is 4.36. The molecule has 0 N–H and O–H groups in total. The largest absolute Gasteiger partial charge is 0.367 e. The number of likely N-dealkylation sites (tertiary alicyclic amines) is 1. The summed E-state index contributed by atoms with van der Waals surface area (Å²) in [6.45, 7) is 4.96. The van der Waals surface area contributed by atoms with Crippen LogP contribution in [0.5, 0.6) is 0 Å². The van der Waals surface area contributed by atoms with E-state index in [1.165, 1.54) is 24.1 Å². The quantitative estimate of drug-likeness (QED) is 0.837. The molecule has 0 spiro atoms. The maximum absolute atomic E-state index is 12.8. The first-order valence-corrected chi connectivity index (χ1v) is 10.2. The second kappa shape index (κ2) is 7.01. The van der Waals surface area contributed by atoms with Gasteiger partial charge in [-0.25, -0.2) is 0 Å². The van der Waals surface area contributed by atoms with E-state index in [2.05, 4.69) is 51.1 Å². The molecule has 27 heavy (non-hydrogen) atoms. The van der Waals surface area contributed by atoms with E-state index >= 15 is 0 Å². The third-order valence-electron chi connectivity index (χ3n) is 6.59. The Bertz CT molecular complexity index is 821. The molecule has 2 fully saturated rings. The van der Waals surface area contributed by atoms with Gasteiger partial charge < -0.3 is 9.80 Å². The van der Waals surface area contributed by atoms with Crippen LogP contribution in [0.4, 0.5) is 5.69 Å². The van der Waals surface area contributed by atoms with Crippen LogP contribution in [0.15, 0.2) is 54.6 Å². The number of hydrogen-bond donors (Lipinski definition) is 0. The molecule has 140 valence electrons. The normalized spacial score (nSPS) is 25.0. The number of carbonyl (C=O) groups is 1. The number of para-hydroxylation sites is 1. The SMILES string of the molecule is O=C1c2ccccc2CCN1CCN1CC[C@@H]2C[C@H]1CN2c1ccccc1. The first-order valence-electron chi connectivity index (χ1n) is 10.2. The lowest BCUT2D eigenvalue weighted by molar-refractivity contribution is 0.0697. The molecule has 0 aromatic heterocycles. The highest BCUT2D eigenvalue weighted by molar-refractivity contribution is 5.96. The molecule has 2 atom stereocenters. The average Bonchev–Trinajstić information content (AvgIpc) is 3.07. The van der Waals surface area contributed by atoms with E-state index in [1.807, 2.05) is 18.2 Å². The summed E-state index contributed by atoms with van der Waals surface area (Å²) in [4.78, 5) is 20.0. The van der Waals surface area contributed by atoms with Crippen molar-refractivity contribution < 1.29 is 4.79 Å². The summed E-state index contributed by atoms with van der Waals surface area (Å²) in [7, 11) is 0. The maximum atomic E-state index is 12.8. The van der Waals surface area contributed by atoms with Crippen LogP contribution in [-0.2, 0) is 6.42 Å². The molecule has 2 aromatic rings. The van der Waals surface area contributed by atoms with E-state index in [0.29, 0.717) is 12.1 Å². The van der Waals surface area contributed by atoms with Gasteiger partial charge in [-0.15, -0.1) is 0 Å². The van der Waals surface area contributed by atoms with Crippen LogP contribution in [0, 0.1) is 0 Å². The fourth-order valence-corrected chi connectivity index (χ4v) is 5.09. The highest BCUT2D eigenvalue weighted by Gasteiger charge is 2.39. The Balaban J connectivity index is 1.21. The van der Waals surface area contributed by atoms with Gasteiger partial charge in [-0.3, -0.25) is 9.69 Å². The number of rotatable bonds is 4. The Morgan fingerprint density at radius 3 is 2.59 bits per heavy atom. The van der Waals surface area contributed by atoms with Gasteiger partial charge in [-0.05, 0) is 43.0 Å². The third-order valence-corrected chi connectivity index (χ3v) is 6.59. The number of anilines is 1. The van der Waals surface area contributed by atoms with E-state index in [0.717, 1.165) is 44.7 Å². The molecule has 0 aliphatic carbocycles. The highest BCUT2D eigenvalue weighted by atomic mass is 16.2. The van der Waals surface area contributed by atoms with Crippen molar-refractivity contribution in [3.63, 3.8) is 0 Å². The Labute approximate surface area is 161 Å². The summed E-state index contributed by atoms with van der Waals surface area (Å²) in [6.07, 6.45) is 3.46. The molecule has 4 heteroatoms. The number of benzene rings is 2. The number of nitrogens with zero attached hydrogens (tertiary/aromatic N) is 3. The second-order valence-corrected chi connectivity index (χ2v) is 8.06. The van der Waals surface area contributed by atoms with Crippen LogP contribution < -0.4 is 4.90 Å². The van der Waals surface area contributed by atoms with E-state index in [1.54, 1.807) is 0 Å². The number of hydrogen-bond acceptors (Lipinski definition) is 3. The van der Waals surface area contributed by atoms with Gasteiger partial charge in [0.25, 0.3) is 5.91 Å². The number of carbonyl (C=O) groups excluding carboxylic acids is 1. The Morgan fingerprint density at radius 2 is 1.70 bits per heavy atom. The standard InChI is InChI=1S/C23H27N3O/c27-23-22-9-5-4-6-18(22)10-12-25(23)15-14-24-13-11-20-16-21(24)17-26(20)19-7-2-1-3-8-19/h1-9,20-21H,10-17H2/t20-,21+/m1/s1. The van der Waals surface area contributed by atoms with Gasteiger partial charge >= 0.3 is 0 Å². The lowest BCUT2D eigenvalue weighted by Crippen LogP contribution is -2.47. The van der Waals surface area contributed by atoms with Crippen molar-refractivity contribution in [3.8, 4) is 0 Å². The summed E-state index contributed by atoms with van der Waals surface area (Å²) in [5.74, 6) is 0.212. The summed E-state index contributed by atoms with van der Waals surface area (Å²) in [5, 5.41) is 0. The molecule has 2 bridgehead atoms. The van der Waals surface area contributed by atoms with E-state index in [4.69, 9.17) is 0 Å². The number of amides is 1. The smallest absolute Gasteiger partial charge is 0.254 e. The van der Waals surface area contributed by atoms with E-state index < -0.39 is 0 Å². The first kappa shape index (κ1) is 16.8. The summed E-state index contributed by atoms with van der Waals surface area (Å²) < 4.78 is 0. The summed E-state index contributed by atoms with van der Waals surface area (Å²) in [5.41, 5.74) is 3.46. The van der Waals surface area contributed by atoms with Gasteiger partial charge in [0, 0.05) is 56.1 Å². The topological polar surface area (TPSA) is 26.8 Å². The molecule has 3 heterocycles. The third kappa shape index (κ3) is 3.12. The molecule has 2 saturated heterocycles. The lowest BCUT2D eigenvalue weighted by Gasteiger charge is -2.35. The zero-order chi connectivity index (χ0) is 18.2. The van der Waals surface area contributed by atoms with Crippen LogP contribution in [0.25, 0.3) is 0 Å². The molecule has 2 aromatic carbocycles. The van der Waals surface area contributed by atoms with Crippen molar-refractivity contribution >= 4 is 11.6 Å². The van der Waals surface area contributed by atoms with Crippen molar-refractivity contribution in [2.45, 2.75) is 31.3 Å². The predicted octanol–water partition coefficient (Wildman–Crippen LogP) is 3.04.